The SMILES string of the molecule is CCOc1cc(C(=O)NCc2ccc(C)cc2SC)ccc1OCC(=O)O. The zero-order valence-electron chi connectivity index (χ0n) is 15.6. The standard InChI is InChI=1S/C20H23NO5S/c1-4-25-17-10-14(7-8-16(17)26-12-19(22)23)20(24)21-11-15-6-5-13(2)9-18(15)27-3/h5-10H,4,11-12H2,1-3H3,(H,21,24)(H,22,23). The number of amides is 1. The molecule has 6 nitrogen and oxygen atoms in total. The second-order valence-corrected chi connectivity index (χ2v) is 6.62. The Morgan fingerprint density at radius 2 is 1.89 bits per heavy atom. The molecule has 0 saturated carbocycles. The van der Waals surface area contributed by atoms with Crippen molar-refractivity contribution in [1.82, 2.24) is 5.32 Å². The summed E-state index contributed by atoms with van der Waals surface area (Å²) < 4.78 is 10.7. The van der Waals surface area contributed by atoms with Crippen LogP contribution >= 0.6 is 11.8 Å². The van der Waals surface area contributed by atoms with Crippen molar-refractivity contribution in [3.8, 4) is 11.5 Å². The summed E-state index contributed by atoms with van der Waals surface area (Å²) in [7, 11) is 0. The van der Waals surface area contributed by atoms with E-state index in [0.29, 0.717) is 30.2 Å². The van der Waals surface area contributed by atoms with Crippen LogP contribution < -0.4 is 14.8 Å². The highest BCUT2D eigenvalue weighted by Crippen LogP contribution is 2.28. The van der Waals surface area contributed by atoms with Crippen molar-refractivity contribution in [2.24, 2.45) is 0 Å². The van der Waals surface area contributed by atoms with Crippen LogP contribution in [-0.4, -0.2) is 36.5 Å². The zero-order valence-corrected chi connectivity index (χ0v) is 16.4. The molecule has 144 valence electrons. The van der Waals surface area contributed by atoms with Crippen LogP contribution in [0.5, 0.6) is 11.5 Å². The van der Waals surface area contributed by atoms with Crippen molar-refractivity contribution in [2.45, 2.75) is 25.3 Å². The number of aliphatic carboxylic acids is 1. The Balaban J connectivity index is 2.11. The molecule has 2 rings (SSSR count). The van der Waals surface area contributed by atoms with Crippen LogP contribution in [0.4, 0.5) is 0 Å². The lowest BCUT2D eigenvalue weighted by molar-refractivity contribution is -0.139. The van der Waals surface area contributed by atoms with Crippen molar-refractivity contribution >= 4 is 23.6 Å². The summed E-state index contributed by atoms with van der Waals surface area (Å²) >= 11 is 1.64. The maximum Gasteiger partial charge on any atom is 0.341 e. The summed E-state index contributed by atoms with van der Waals surface area (Å²) in [6, 6.07) is 10.8. The lowest BCUT2D eigenvalue weighted by Crippen LogP contribution is -2.23. The van der Waals surface area contributed by atoms with Crippen LogP contribution in [0.25, 0.3) is 0 Å². The van der Waals surface area contributed by atoms with Gasteiger partial charge in [-0.15, -0.1) is 11.8 Å². The predicted molar refractivity (Wildman–Crippen MR) is 105 cm³/mol. The average Bonchev–Trinajstić information content (AvgIpc) is 2.65. The molecule has 0 aliphatic rings. The lowest BCUT2D eigenvalue weighted by atomic mass is 10.1. The molecule has 0 aliphatic heterocycles. The molecule has 0 saturated heterocycles. The number of benzene rings is 2. The first-order chi connectivity index (χ1) is 12.9. The molecule has 0 unspecified atom stereocenters. The van der Waals surface area contributed by atoms with Crippen LogP contribution in [0.2, 0.25) is 0 Å². The van der Waals surface area contributed by atoms with E-state index >= 15 is 0 Å². The molecule has 0 heterocycles. The van der Waals surface area contributed by atoms with Gasteiger partial charge in [0.15, 0.2) is 18.1 Å². The number of nitrogens with one attached hydrogen (secondary N) is 1. The molecular weight excluding hydrogens is 366 g/mol. The molecule has 2 aromatic rings. The number of thioether (sulfide) groups is 1. The number of aryl methyl sites for hydroxylation is 1. The molecule has 0 bridgehead atoms. The second-order valence-electron chi connectivity index (χ2n) is 5.77. The van der Waals surface area contributed by atoms with Gasteiger partial charge in [0.05, 0.1) is 6.61 Å². The molecule has 0 radical (unpaired) electrons. The molecular formula is C20H23NO5S. The molecule has 0 aromatic heterocycles. The lowest BCUT2D eigenvalue weighted by Gasteiger charge is -2.13. The average molecular weight is 389 g/mol. The van der Waals surface area contributed by atoms with Crippen LogP contribution in [-0.2, 0) is 11.3 Å². The van der Waals surface area contributed by atoms with Gasteiger partial charge in [-0.2, -0.15) is 0 Å². The minimum absolute atomic E-state index is 0.242. The molecule has 0 fully saturated rings. The fourth-order valence-electron chi connectivity index (χ4n) is 2.45. The number of carbonyl (C=O) groups excluding carboxylic acids is 1. The fraction of sp³-hybridized carbons (Fsp3) is 0.300. The first-order valence-corrected chi connectivity index (χ1v) is 9.70. The van der Waals surface area contributed by atoms with Gasteiger partial charge in [-0.05, 0) is 55.5 Å². The molecule has 1 amide bonds. The van der Waals surface area contributed by atoms with Crippen molar-refractivity contribution in [3.63, 3.8) is 0 Å². The summed E-state index contributed by atoms with van der Waals surface area (Å²) in [6.45, 7) is 4.14. The number of hydrogen-bond donors (Lipinski definition) is 2. The highest BCUT2D eigenvalue weighted by atomic mass is 32.2. The molecule has 0 aliphatic carbocycles. The summed E-state index contributed by atoms with van der Waals surface area (Å²) in [4.78, 5) is 24.3. The van der Waals surface area contributed by atoms with E-state index in [1.165, 1.54) is 5.56 Å². The third-order valence-corrected chi connectivity index (χ3v) is 4.56. The first kappa shape index (κ1) is 20.6. The highest BCUT2D eigenvalue weighted by molar-refractivity contribution is 7.98. The summed E-state index contributed by atoms with van der Waals surface area (Å²) in [5.74, 6) is -0.694. The Hall–Kier alpha value is -2.67. The number of carbonyl (C=O) groups is 2. The second kappa shape index (κ2) is 9.87. The predicted octanol–water partition coefficient (Wildman–Crippen LogP) is 3.51. The number of ether oxygens (including phenoxy) is 2. The van der Waals surface area contributed by atoms with Crippen LogP contribution in [0.3, 0.4) is 0 Å². The zero-order chi connectivity index (χ0) is 19.8. The van der Waals surface area contributed by atoms with E-state index in [2.05, 4.69) is 11.4 Å². The Kier molecular flexibility index (Phi) is 7.55. The Morgan fingerprint density at radius 3 is 2.56 bits per heavy atom. The largest absolute Gasteiger partial charge is 0.490 e. The van der Waals surface area contributed by atoms with Gasteiger partial charge < -0.3 is 19.9 Å². The maximum absolute atomic E-state index is 12.5. The van der Waals surface area contributed by atoms with E-state index in [4.69, 9.17) is 14.6 Å². The van der Waals surface area contributed by atoms with E-state index in [1.807, 2.05) is 25.3 Å². The van der Waals surface area contributed by atoms with Crippen LogP contribution in [0.15, 0.2) is 41.3 Å². The van der Waals surface area contributed by atoms with E-state index < -0.39 is 12.6 Å². The molecule has 2 aromatic carbocycles. The number of rotatable bonds is 9. The van der Waals surface area contributed by atoms with E-state index in [1.54, 1.807) is 36.9 Å². The van der Waals surface area contributed by atoms with Crippen molar-refractivity contribution in [2.75, 3.05) is 19.5 Å². The van der Waals surface area contributed by atoms with E-state index in [-0.39, 0.29) is 5.91 Å². The third kappa shape index (κ3) is 5.92. The molecule has 0 atom stereocenters. The maximum atomic E-state index is 12.5. The number of carboxylic acids is 1. The summed E-state index contributed by atoms with van der Waals surface area (Å²) in [6.07, 6.45) is 2.00. The summed E-state index contributed by atoms with van der Waals surface area (Å²) in [5.41, 5.74) is 2.64. The van der Waals surface area contributed by atoms with Gasteiger partial charge in [0.1, 0.15) is 0 Å². The molecule has 2 N–H and O–H groups in total. The van der Waals surface area contributed by atoms with Crippen molar-refractivity contribution < 1.29 is 24.2 Å². The number of carboxylic acid groups (broad SMARTS) is 1. The molecule has 27 heavy (non-hydrogen) atoms. The van der Waals surface area contributed by atoms with Gasteiger partial charge in [0.25, 0.3) is 5.91 Å². The number of hydrogen-bond acceptors (Lipinski definition) is 5. The van der Waals surface area contributed by atoms with Gasteiger partial charge in [0, 0.05) is 17.0 Å². The fourth-order valence-corrected chi connectivity index (χ4v) is 3.16. The smallest absolute Gasteiger partial charge is 0.341 e. The van der Waals surface area contributed by atoms with Crippen LogP contribution in [0.1, 0.15) is 28.4 Å². The van der Waals surface area contributed by atoms with E-state index in [9.17, 15) is 9.59 Å². The minimum Gasteiger partial charge on any atom is -0.490 e. The van der Waals surface area contributed by atoms with Gasteiger partial charge in [-0.3, -0.25) is 4.79 Å². The van der Waals surface area contributed by atoms with Crippen LogP contribution in [0, 0.1) is 6.92 Å². The Labute approximate surface area is 162 Å². The first-order valence-electron chi connectivity index (χ1n) is 8.47. The Bertz CT molecular complexity index is 822. The van der Waals surface area contributed by atoms with Crippen molar-refractivity contribution in [1.29, 1.82) is 0 Å². The van der Waals surface area contributed by atoms with Gasteiger partial charge in [-0.1, -0.05) is 12.1 Å². The van der Waals surface area contributed by atoms with Gasteiger partial charge in [-0.25, -0.2) is 4.79 Å². The van der Waals surface area contributed by atoms with Gasteiger partial charge >= 0.3 is 5.97 Å². The molecule has 0 spiro atoms. The topological polar surface area (TPSA) is 84.9 Å². The minimum atomic E-state index is -1.08. The highest BCUT2D eigenvalue weighted by Gasteiger charge is 2.13. The Morgan fingerprint density at radius 1 is 1.11 bits per heavy atom. The monoisotopic (exact) mass is 389 g/mol. The summed E-state index contributed by atoms with van der Waals surface area (Å²) in [5, 5.41) is 11.7. The third-order valence-electron chi connectivity index (χ3n) is 3.74. The van der Waals surface area contributed by atoms with Gasteiger partial charge in [0.2, 0.25) is 0 Å². The van der Waals surface area contributed by atoms with Crippen molar-refractivity contribution in [3.05, 3.63) is 53.1 Å². The normalized spacial score (nSPS) is 10.3. The van der Waals surface area contributed by atoms with E-state index in [0.717, 1.165) is 10.5 Å². The quantitative estimate of drug-likeness (QED) is 0.639. The molecule has 7 heteroatoms.